The lowest BCUT2D eigenvalue weighted by atomic mass is 9.75. The highest BCUT2D eigenvalue weighted by Gasteiger charge is 2.27. The molecule has 1 aliphatic heterocycles. The Morgan fingerprint density at radius 2 is 1.84 bits per heavy atom. The van der Waals surface area contributed by atoms with Crippen LogP contribution >= 0.6 is 0 Å². The summed E-state index contributed by atoms with van der Waals surface area (Å²) in [4.78, 5) is 16.0. The number of piperazine rings is 1. The molecule has 0 bridgehead atoms. The summed E-state index contributed by atoms with van der Waals surface area (Å²) in [6, 6.07) is 3.76. The smallest absolute Gasteiger partial charge is 0.444 e. The molecule has 0 aromatic heterocycles. The molecule has 1 aromatic rings. The van der Waals surface area contributed by atoms with Crippen LogP contribution in [0.1, 0.15) is 31.9 Å². The van der Waals surface area contributed by atoms with Crippen molar-refractivity contribution in [3.63, 3.8) is 0 Å². The number of rotatable bonds is 3. The average molecular weight is 349 g/mol. The molecule has 1 aliphatic rings. The Bertz CT molecular complexity index is 623. The van der Waals surface area contributed by atoms with Gasteiger partial charge in [-0.15, -0.1) is 0 Å². The number of anilines is 1. The van der Waals surface area contributed by atoms with E-state index in [4.69, 9.17) is 10.5 Å². The third kappa shape index (κ3) is 4.87. The summed E-state index contributed by atoms with van der Waals surface area (Å²) in [6.45, 7) is 10.1. The monoisotopic (exact) mass is 349 g/mol. The van der Waals surface area contributed by atoms with E-state index >= 15 is 0 Å². The lowest BCUT2D eigenvalue weighted by Gasteiger charge is -2.37. The SMILES string of the molecule is Cc1c(CN)cc(N2CCN(C(=O)OC(C)(C)C)CC2)cc1B(O)O. The fraction of sp³-hybridized carbons (Fsp3) is 0.588. The van der Waals surface area contributed by atoms with Gasteiger partial charge in [-0.2, -0.15) is 0 Å². The number of nitrogens with two attached hydrogens (primary N) is 1. The second-order valence-electron chi connectivity index (χ2n) is 7.35. The van der Waals surface area contributed by atoms with Crippen molar-refractivity contribution in [2.75, 3.05) is 31.1 Å². The lowest BCUT2D eigenvalue weighted by Crippen LogP contribution is -2.50. The molecule has 25 heavy (non-hydrogen) atoms. The van der Waals surface area contributed by atoms with Gasteiger partial charge < -0.3 is 30.3 Å². The van der Waals surface area contributed by atoms with Crippen molar-refractivity contribution >= 4 is 24.4 Å². The van der Waals surface area contributed by atoms with Crippen molar-refractivity contribution < 1.29 is 19.6 Å². The molecule has 2 rings (SSSR count). The Morgan fingerprint density at radius 3 is 2.32 bits per heavy atom. The summed E-state index contributed by atoms with van der Waals surface area (Å²) in [5, 5.41) is 19.2. The lowest BCUT2D eigenvalue weighted by molar-refractivity contribution is 0.0240. The van der Waals surface area contributed by atoms with Crippen LogP contribution in [-0.4, -0.2) is 59.9 Å². The van der Waals surface area contributed by atoms with E-state index in [1.807, 2.05) is 33.8 Å². The Hall–Kier alpha value is -1.77. The van der Waals surface area contributed by atoms with E-state index in [0.29, 0.717) is 38.2 Å². The van der Waals surface area contributed by atoms with E-state index in [2.05, 4.69) is 4.90 Å². The largest absolute Gasteiger partial charge is 0.488 e. The molecule has 1 saturated heterocycles. The Kier molecular flexibility index (Phi) is 5.97. The number of carbonyl (C=O) groups excluding carboxylic acids is 1. The standard InChI is InChI=1S/C17H28BN3O4/c1-12-13(11-19)9-14(10-15(12)18(23)24)20-5-7-21(8-6-20)16(22)25-17(2,3)4/h9-10,23-24H,5-8,11,19H2,1-4H3. The predicted molar refractivity (Wildman–Crippen MR) is 98.9 cm³/mol. The van der Waals surface area contributed by atoms with Gasteiger partial charge in [-0.1, -0.05) is 0 Å². The number of carbonyl (C=O) groups is 1. The van der Waals surface area contributed by atoms with Gasteiger partial charge in [0, 0.05) is 38.4 Å². The number of hydrogen-bond donors (Lipinski definition) is 3. The molecule has 1 amide bonds. The third-order valence-electron chi connectivity index (χ3n) is 4.33. The van der Waals surface area contributed by atoms with Gasteiger partial charge in [-0.05, 0) is 56.4 Å². The fourth-order valence-electron chi connectivity index (χ4n) is 2.92. The first kappa shape index (κ1) is 19.6. The zero-order valence-electron chi connectivity index (χ0n) is 15.5. The molecular formula is C17H28BN3O4. The summed E-state index contributed by atoms with van der Waals surface area (Å²) in [5.74, 6) is 0. The van der Waals surface area contributed by atoms with Crippen LogP contribution in [0.4, 0.5) is 10.5 Å². The number of ether oxygens (including phenoxy) is 1. The number of amides is 1. The van der Waals surface area contributed by atoms with Gasteiger partial charge >= 0.3 is 13.2 Å². The van der Waals surface area contributed by atoms with Crippen LogP contribution < -0.4 is 16.1 Å². The highest BCUT2D eigenvalue weighted by atomic mass is 16.6. The molecule has 138 valence electrons. The minimum Gasteiger partial charge on any atom is -0.444 e. The molecule has 0 unspecified atom stereocenters. The first-order valence-corrected chi connectivity index (χ1v) is 8.55. The van der Waals surface area contributed by atoms with Crippen LogP contribution in [-0.2, 0) is 11.3 Å². The number of hydrogen-bond acceptors (Lipinski definition) is 6. The van der Waals surface area contributed by atoms with Crippen molar-refractivity contribution in [3.05, 3.63) is 23.3 Å². The highest BCUT2D eigenvalue weighted by Crippen LogP contribution is 2.21. The maximum Gasteiger partial charge on any atom is 0.488 e. The third-order valence-corrected chi connectivity index (χ3v) is 4.33. The van der Waals surface area contributed by atoms with E-state index in [1.54, 1.807) is 11.0 Å². The van der Waals surface area contributed by atoms with Gasteiger partial charge in [0.1, 0.15) is 5.60 Å². The molecular weight excluding hydrogens is 321 g/mol. The fourth-order valence-corrected chi connectivity index (χ4v) is 2.92. The van der Waals surface area contributed by atoms with Crippen LogP contribution in [0.3, 0.4) is 0 Å². The molecule has 1 heterocycles. The molecule has 0 radical (unpaired) electrons. The van der Waals surface area contributed by atoms with Crippen molar-refractivity contribution in [2.24, 2.45) is 5.73 Å². The second kappa shape index (κ2) is 7.64. The van der Waals surface area contributed by atoms with Gasteiger partial charge in [0.15, 0.2) is 0 Å². The van der Waals surface area contributed by atoms with Gasteiger partial charge in [0.2, 0.25) is 0 Å². The topological polar surface area (TPSA) is 99.3 Å². The predicted octanol–water partition coefficient (Wildman–Crippen LogP) is 0.191. The molecule has 1 aromatic carbocycles. The molecule has 0 aliphatic carbocycles. The van der Waals surface area contributed by atoms with Gasteiger partial charge in [-0.3, -0.25) is 0 Å². The van der Waals surface area contributed by atoms with E-state index in [1.165, 1.54) is 0 Å². The Labute approximate surface area is 149 Å². The van der Waals surface area contributed by atoms with Crippen LogP contribution in [0.5, 0.6) is 0 Å². The first-order valence-electron chi connectivity index (χ1n) is 8.55. The summed E-state index contributed by atoms with van der Waals surface area (Å²) in [5.41, 5.74) is 8.32. The van der Waals surface area contributed by atoms with Crippen LogP contribution in [0, 0.1) is 6.92 Å². The Balaban J connectivity index is 2.10. The zero-order valence-corrected chi connectivity index (χ0v) is 15.5. The zero-order chi connectivity index (χ0) is 18.8. The molecule has 1 fully saturated rings. The minimum absolute atomic E-state index is 0.301. The number of nitrogens with zero attached hydrogens (tertiary/aromatic N) is 2. The first-order chi connectivity index (χ1) is 11.6. The minimum atomic E-state index is -1.53. The van der Waals surface area contributed by atoms with Crippen LogP contribution in [0.15, 0.2) is 12.1 Å². The summed E-state index contributed by atoms with van der Waals surface area (Å²) < 4.78 is 5.41. The van der Waals surface area contributed by atoms with Gasteiger partial charge in [0.05, 0.1) is 0 Å². The number of benzene rings is 1. The van der Waals surface area contributed by atoms with Gasteiger partial charge in [0.25, 0.3) is 0 Å². The molecule has 0 saturated carbocycles. The maximum atomic E-state index is 12.1. The summed E-state index contributed by atoms with van der Waals surface area (Å²) in [7, 11) is -1.53. The molecule has 0 atom stereocenters. The van der Waals surface area contributed by atoms with Crippen LogP contribution in [0.2, 0.25) is 0 Å². The van der Waals surface area contributed by atoms with Crippen molar-refractivity contribution in [2.45, 2.75) is 39.8 Å². The van der Waals surface area contributed by atoms with Crippen LogP contribution in [0.25, 0.3) is 0 Å². The molecule has 4 N–H and O–H groups in total. The van der Waals surface area contributed by atoms with Crippen molar-refractivity contribution in [1.82, 2.24) is 4.90 Å². The van der Waals surface area contributed by atoms with Gasteiger partial charge in [-0.25, -0.2) is 4.79 Å². The average Bonchev–Trinajstić information content (AvgIpc) is 2.53. The molecule has 8 heteroatoms. The van der Waals surface area contributed by atoms with Crippen molar-refractivity contribution in [1.29, 1.82) is 0 Å². The normalized spacial score (nSPS) is 15.3. The van der Waals surface area contributed by atoms with E-state index < -0.39 is 12.7 Å². The summed E-state index contributed by atoms with van der Waals surface area (Å²) in [6.07, 6.45) is -0.301. The Morgan fingerprint density at radius 1 is 1.24 bits per heavy atom. The maximum absolute atomic E-state index is 12.1. The van der Waals surface area contributed by atoms with Crippen molar-refractivity contribution in [3.8, 4) is 0 Å². The molecule has 0 spiro atoms. The molecule has 7 nitrogen and oxygen atoms in total. The quantitative estimate of drug-likeness (QED) is 0.674. The van der Waals surface area contributed by atoms with E-state index in [-0.39, 0.29) is 6.09 Å². The summed E-state index contributed by atoms with van der Waals surface area (Å²) >= 11 is 0. The highest BCUT2D eigenvalue weighted by molar-refractivity contribution is 6.59. The van der Waals surface area contributed by atoms with E-state index in [9.17, 15) is 14.8 Å². The van der Waals surface area contributed by atoms with E-state index in [0.717, 1.165) is 16.8 Å². The second-order valence-corrected chi connectivity index (χ2v) is 7.35.